The van der Waals surface area contributed by atoms with E-state index < -0.39 is 48.0 Å². The summed E-state index contributed by atoms with van der Waals surface area (Å²) in [5.41, 5.74) is 0.747. The number of hydrogen-bond donors (Lipinski definition) is 1. The minimum Gasteiger partial charge on any atom is -0.453 e. The van der Waals surface area contributed by atoms with E-state index in [1.165, 1.54) is 23.1 Å². The Morgan fingerprint density at radius 2 is 2.00 bits per heavy atom. The molecule has 3 aliphatic rings. The molecule has 0 bridgehead atoms. The van der Waals surface area contributed by atoms with Gasteiger partial charge in [0, 0.05) is 13.1 Å². The lowest BCUT2D eigenvalue weighted by Gasteiger charge is -2.42. The maximum Gasteiger partial charge on any atom is 0.355 e. The van der Waals surface area contributed by atoms with Crippen LogP contribution in [0.25, 0.3) is 0 Å². The SMILES string of the molecule is O=C1OC(CO)CN2C(=O)C(=O)C3C(=O)N(Cc4ccc(F)c(Cl)c4)CCC3=C12. The zero-order valence-corrected chi connectivity index (χ0v) is 15.8. The van der Waals surface area contributed by atoms with Crippen molar-refractivity contribution in [3.63, 3.8) is 0 Å². The summed E-state index contributed by atoms with van der Waals surface area (Å²) < 4.78 is 18.4. The highest BCUT2D eigenvalue weighted by molar-refractivity contribution is 6.43. The third-order valence-electron chi connectivity index (χ3n) is 5.26. The van der Waals surface area contributed by atoms with Crippen LogP contribution < -0.4 is 0 Å². The van der Waals surface area contributed by atoms with Gasteiger partial charge in [0.05, 0.1) is 18.2 Å². The van der Waals surface area contributed by atoms with Gasteiger partial charge in [-0.05, 0) is 29.7 Å². The molecule has 1 N–H and O–H groups in total. The van der Waals surface area contributed by atoms with Gasteiger partial charge in [-0.1, -0.05) is 17.7 Å². The fourth-order valence-corrected chi connectivity index (χ4v) is 4.08. The van der Waals surface area contributed by atoms with Crippen LogP contribution in [0, 0.1) is 11.7 Å². The number of ketones is 1. The molecule has 0 aliphatic carbocycles. The van der Waals surface area contributed by atoms with E-state index in [-0.39, 0.29) is 42.3 Å². The summed E-state index contributed by atoms with van der Waals surface area (Å²) in [7, 11) is 0. The van der Waals surface area contributed by atoms with Crippen molar-refractivity contribution in [3.8, 4) is 0 Å². The van der Waals surface area contributed by atoms with E-state index in [9.17, 15) is 28.7 Å². The highest BCUT2D eigenvalue weighted by atomic mass is 35.5. The number of halogens is 2. The lowest BCUT2D eigenvalue weighted by Crippen LogP contribution is -2.58. The van der Waals surface area contributed by atoms with Gasteiger partial charge in [0.15, 0.2) is 0 Å². The molecule has 10 heteroatoms. The molecule has 0 saturated carbocycles. The van der Waals surface area contributed by atoms with Crippen molar-refractivity contribution in [1.29, 1.82) is 0 Å². The average Bonchev–Trinajstić information content (AvgIpc) is 2.70. The number of aliphatic hydroxyl groups is 1. The molecule has 2 fully saturated rings. The number of hydrogen-bond acceptors (Lipinski definition) is 6. The Morgan fingerprint density at radius 3 is 2.69 bits per heavy atom. The van der Waals surface area contributed by atoms with Gasteiger partial charge in [-0.2, -0.15) is 0 Å². The largest absolute Gasteiger partial charge is 0.453 e. The molecule has 8 nitrogen and oxygen atoms in total. The van der Waals surface area contributed by atoms with Crippen LogP contribution in [0.5, 0.6) is 0 Å². The summed E-state index contributed by atoms with van der Waals surface area (Å²) >= 11 is 5.78. The second-order valence-corrected chi connectivity index (χ2v) is 7.46. The molecule has 1 aromatic rings. The number of Topliss-reactive ketones (excluding diaryl/α,β-unsaturated/α-hetero) is 1. The topological polar surface area (TPSA) is 104 Å². The van der Waals surface area contributed by atoms with Gasteiger partial charge in [-0.15, -0.1) is 0 Å². The maximum absolute atomic E-state index is 13.4. The molecule has 0 radical (unpaired) electrons. The Bertz CT molecular complexity index is 977. The van der Waals surface area contributed by atoms with E-state index in [4.69, 9.17) is 16.3 Å². The monoisotopic (exact) mass is 422 g/mol. The van der Waals surface area contributed by atoms with Crippen molar-refractivity contribution in [2.45, 2.75) is 19.1 Å². The third kappa shape index (κ3) is 3.20. The number of fused-ring (bicyclic) bond motifs is 2. The number of esters is 1. The second kappa shape index (κ2) is 7.23. The minimum atomic E-state index is -1.38. The van der Waals surface area contributed by atoms with Crippen LogP contribution in [0.4, 0.5) is 4.39 Å². The Kier molecular flexibility index (Phi) is 4.87. The molecule has 3 heterocycles. The van der Waals surface area contributed by atoms with Gasteiger partial charge in [-0.25, -0.2) is 9.18 Å². The molecule has 3 aliphatic heterocycles. The fraction of sp³-hybridized carbons (Fsp3) is 0.368. The number of aliphatic hydroxyl groups excluding tert-OH is 1. The summed E-state index contributed by atoms with van der Waals surface area (Å²) in [5, 5.41) is 9.14. The number of morpholine rings is 1. The molecular weight excluding hydrogens is 407 g/mol. The van der Waals surface area contributed by atoms with Crippen molar-refractivity contribution < 1.29 is 33.4 Å². The first kappa shape index (κ1) is 19.5. The normalized spacial score (nSPS) is 24.5. The Balaban J connectivity index is 1.65. The van der Waals surface area contributed by atoms with Crippen molar-refractivity contribution in [1.82, 2.24) is 9.80 Å². The molecule has 29 heavy (non-hydrogen) atoms. The van der Waals surface area contributed by atoms with E-state index >= 15 is 0 Å². The van der Waals surface area contributed by atoms with Crippen LogP contribution in [0.1, 0.15) is 12.0 Å². The third-order valence-corrected chi connectivity index (χ3v) is 5.55. The smallest absolute Gasteiger partial charge is 0.355 e. The number of ether oxygens (including phenoxy) is 1. The number of amides is 2. The van der Waals surface area contributed by atoms with Crippen molar-refractivity contribution >= 4 is 35.2 Å². The standard InChI is InChI=1S/C19H16ClFN2O6/c20-12-5-9(1-2-13(12)21)6-22-4-3-11-14(17(22)26)16(25)18(27)23-7-10(8-24)29-19(28)15(11)23/h1-2,5,10,14,24H,3-4,6-8H2. The number of rotatable bonds is 3. The number of cyclic esters (lactones) is 1. The highest BCUT2D eigenvalue weighted by Gasteiger charge is 2.52. The van der Waals surface area contributed by atoms with Crippen LogP contribution in [-0.2, 0) is 30.5 Å². The Morgan fingerprint density at radius 1 is 1.24 bits per heavy atom. The van der Waals surface area contributed by atoms with Crippen molar-refractivity contribution in [3.05, 3.63) is 45.9 Å². The van der Waals surface area contributed by atoms with Crippen LogP contribution >= 0.6 is 11.6 Å². The van der Waals surface area contributed by atoms with Crippen LogP contribution in [-0.4, -0.2) is 64.3 Å². The summed E-state index contributed by atoms with van der Waals surface area (Å²) in [6.07, 6.45) is -0.714. The highest BCUT2D eigenvalue weighted by Crippen LogP contribution is 2.37. The van der Waals surface area contributed by atoms with E-state index in [1.54, 1.807) is 0 Å². The zero-order chi connectivity index (χ0) is 20.9. The number of piperidine rings is 1. The van der Waals surface area contributed by atoms with E-state index in [2.05, 4.69) is 0 Å². The first-order chi connectivity index (χ1) is 13.8. The lowest BCUT2D eigenvalue weighted by molar-refractivity contribution is -0.165. The molecule has 0 spiro atoms. The van der Waals surface area contributed by atoms with E-state index in [0.29, 0.717) is 5.56 Å². The van der Waals surface area contributed by atoms with Gasteiger partial charge in [-0.3, -0.25) is 19.3 Å². The van der Waals surface area contributed by atoms with Crippen molar-refractivity contribution in [2.75, 3.05) is 19.7 Å². The summed E-state index contributed by atoms with van der Waals surface area (Å²) in [4.78, 5) is 52.9. The van der Waals surface area contributed by atoms with Crippen LogP contribution in [0.15, 0.2) is 29.5 Å². The Hall–Kier alpha value is -2.78. The van der Waals surface area contributed by atoms with Gasteiger partial charge in [0.1, 0.15) is 23.5 Å². The fourth-order valence-electron chi connectivity index (χ4n) is 3.87. The van der Waals surface area contributed by atoms with Crippen molar-refractivity contribution in [2.24, 2.45) is 5.92 Å². The quantitative estimate of drug-likeness (QED) is 0.430. The zero-order valence-electron chi connectivity index (χ0n) is 15.1. The first-order valence-electron chi connectivity index (χ1n) is 8.95. The Labute approximate surface area is 169 Å². The lowest BCUT2D eigenvalue weighted by atomic mass is 9.81. The predicted octanol–water partition coefficient (Wildman–Crippen LogP) is 0.411. The minimum absolute atomic E-state index is 0.0814. The molecule has 1 aromatic carbocycles. The number of carbonyl (C=O) groups is 4. The molecule has 152 valence electrons. The molecule has 4 rings (SSSR count). The number of benzene rings is 1. The van der Waals surface area contributed by atoms with Gasteiger partial charge < -0.3 is 14.7 Å². The summed E-state index contributed by atoms with van der Waals surface area (Å²) in [6, 6.07) is 4.05. The average molecular weight is 423 g/mol. The predicted molar refractivity (Wildman–Crippen MR) is 95.6 cm³/mol. The van der Waals surface area contributed by atoms with E-state index in [0.717, 1.165) is 4.90 Å². The maximum atomic E-state index is 13.4. The molecule has 0 aromatic heterocycles. The van der Waals surface area contributed by atoms with Gasteiger partial charge in [0.2, 0.25) is 11.7 Å². The van der Waals surface area contributed by atoms with Gasteiger partial charge in [0.25, 0.3) is 5.91 Å². The molecule has 2 saturated heterocycles. The molecule has 2 unspecified atom stereocenters. The molecule has 2 amide bonds. The molecular formula is C19H16ClFN2O6. The van der Waals surface area contributed by atoms with Crippen LogP contribution in [0.3, 0.4) is 0 Å². The first-order valence-corrected chi connectivity index (χ1v) is 9.33. The van der Waals surface area contributed by atoms with E-state index in [1.807, 2.05) is 0 Å². The van der Waals surface area contributed by atoms with Crippen LogP contribution in [0.2, 0.25) is 5.02 Å². The number of likely N-dealkylation sites (tertiary alicyclic amines) is 1. The molecule has 2 atom stereocenters. The summed E-state index contributed by atoms with van der Waals surface area (Å²) in [6.45, 7) is -0.331. The second-order valence-electron chi connectivity index (χ2n) is 7.06. The summed E-state index contributed by atoms with van der Waals surface area (Å²) in [5.74, 6) is -5.28. The number of nitrogens with zero attached hydrogens (tertiary/aromatic N) is 2. The van der Waals surface area contributed by atoms with Gasteiger partial charge >= 0.3 is 5.97 Å². The number of carbonyl (C=O) groups excluding carboxylic acids is 4.